The van der Waals surface area contributed by atoms with Crippen LogP contribution >= 0.6 is 11.3 Å². The van der Waals surface area contributed by atoms with Crippen molar-refractivity contribution in [2.45, 2.75) is 12.8 Å². The van der Waals surface area contributed by atoms with Gasteiger partial charge in [0, 0.05) is 33.0 Å². The fourth-order valence-corrected chi connectivity index (χ4v) is 4.01. The number of hydrogen-bond donors (Lipinski definition) is 3. The molecule has 4 rings (SSSR count). The van der Waals surface area contributed by atoms with Crippen molar-refractivity contribution < 1.29 is 9.59 Å². The predicted octanol–water partition coefficient (Wildman–Crippen LogP) is 2.21. The molecule has 0 unspecified atom stereocenters. The minimum absolute atomic E-state index is 0.123. The van der Waals surface area contributed by atoms with Crippen molar-refractivity contribution in [2.75, 3.05) is 25.5 Å². The normalized spacial score (nSPS) is 13.5. The third kappa shape index (κ3) is 3.50. The first-order valence-corrected chi connectivity index (χ1v) is 9.73. The Morgan fingerprint density at radius 2 is 2.11 bits per heavy atom. The molecule has 4 N–H and O–H groups in total. The molecule has 0 spiro atoms. The van der Waals surface area contributed by atoms with Crippen molar-refractivity contribution in [2.24, 2.45) is 11.7 Å². The molecule has 3 heterocycles. The highest BCUT2D eigenvalue weighted by Crippen LogP contribution is 2.40. The van der Waals surface area contributed by atoms with Crippen LogP contribution in [-0.2, 0) is 0 Å². The third-order valence-electron chi connectivity index (χ3n) is 4.59. The van der Waals surface area contributed by atoms with E-state index in [9.17, 15) is 9.59 Å². The number of aromatic nitrogens is 4. The molecule has 28 heavy (non-hydrogen) atoms. The highest BCUT2D eigenvalue weighted by molar-refractivity contribution is 7.19. The summed E-state index contributed by atoms with van der Waals surface area (Å²) in [7, 11) is 3.38. The van der Waals surface area contributed by atoms with E-state index in [-0.39, 0.29) is 11.6 Å². The molecular weight excluding hydrogens is 378 g/mol. The van der Waals surface area contributed by atoms with E-state index in [0.29, 0.717) is 27.2 Å². The fourth-order valence-electron chi connectivity index (χ4n) is 2.93. The van der Waals surface area contributed by atoms with Gasteiger partial charge in [-0.2, -0.15) is 5.10 Å². The number of H-pyrrole nitrogens is 2. The number of nitrogens with one attached hydrogen (secondary N) is 2. The number of primary amides is 1. The molecule has 0 bridgehead atoms. The zero-order valence-electron chi connectivity index (χ0n) is 15.6. The molecule has 3 aromatic rings. The summed E-state index contributed by atoms with van der Waals surface area (Å²) in [5, 5.41) is 7.52. The first-order valence-electron chi connectivity index (χ1n) is 8.91. The smallest absolute Gasteiger partial charge is 0.268 e. The summed E-state index contributed by atoms with van der Waals surface area (Å²) in [6, 6.07) is 1.72. The van der Waals surface area contributed by atoms with Crippen LogP contribution in [0.1, 0.15) is 33.7 Å². The van der Waals surface area contributed by atoms with Crippen LogP contribution in [0.5, 0.6) is 0 Å². The Kier molecular flexibility index (Phi) is 4.63. The number of carbonyl (C=O) groups is 2. The minimum atomic E-state index is -0.605. The second kappa shape index (κ2) is 7.12. The molecule has 146 valence electrons. The standard InChI is InChI=1S/C18H21N7O2S/c1-24(2)17(27)11-5-13(20-6-11)15-14(16(19)26)23-18(28-15)25(9-10-3-4-10)12-7-21-22-8-12/h5-8,10,20H,3-4,9H2,1-2H3,(H2,19,26)(H,21,22). The number of nitrogens with two attached hydrogens (primary N) is 1. The molecule has 3 aromatic heterocycles. The van der Waals surface area contributed by atoms with Gasteiger partial charge >= 0.3 is 0 Å². The Morgan fingerprint density at radius 1 is 1.32 bits per heavy atom. The van der Waals surface area contributed by atoms with Crippen LogP contribution in [0.25, 0.3) is 10.6 Å². The van der Waals surface area contributed by atoms with E-state index >= 15 is 0 Å². The second-order valence-corrected chi connectivity index (χ2v) is 8.03. The fraction of sp³-hybridized carbons (Fsp3) is 0.333. The summed E-state index contributed by atoms with van der Waals surface area (Å²) >= 11 is 1.37. The molecule has 2 amide bonds. The lowest BCUT2D eigenvalue weighted by Crippen LogP contribution is -2.20. The van der Waals surface area contributed by atoms with Crippen LogP contribution in [0, 0.1) is 5.92 Å². The van der Waals surface area contributed by atoms with Gasteiger partial charge in [0.1, 0.15) is 0 Å². The van der Waals surface area contributed by atoms with Crippen molar-refractivity contribution in [3.05, 3.63) is 35.9 Å². The topological polar surface area (TPSA) is 124 Å². The highest BCUT2D eigenvalue weighted by Gasteiger charge is 2.29. The Bertz CT molecular complexity index is 1000. The highest BCUT2D eigenvalue weighted by atomic mass is 32.1. The van der Waals surface area contributed by atoms with Gasteiger partial charge in [-0.1, -0.05) is 11.3 Å². The molecule has 0 aliphatic heterocycles. The quantitative estimate of drug-likeness (QED) is 0.562. The molecular formula is C18H21N7O2S. The largest absolute Gasteiger partial charge is 0.364 e. The zero-order valence-corrected chi connectivity index (χ0v) is 16.4. The van der Waals surface area contributed by atoms with Gasteiger partial charge in [-0.3, -0.25) is 14.7 Å². The van der Waals surface area contributed by atoms with Gasteiger partial charge in [0.2, 0.25) is 0 Å². The van der Waals surface area contributed by atoms with E-state index in [2.05, 4.69) is 25.1 Å². The lowest BCUT2D eigenvalue weighted by atomic mass is 10.2. The van der Waals surface area contributed by atoms with E-state index in [1.165, 1.54) is 29.1 Å². The van der Waals surface area contributed by atoms with Gasteiger partial charge in [-0.15, -0.1) is 0 Å². The molecule has 10 heteroatoms. The maximum atomic E-state index is 12.2. The van der Waals surface area contributed by atoms with E-state index < -0.39 is 5.91 Å². The van der Waals surface area contributed by atoms with Gasteiger partial charge in [0.15, 0.2) is 10.8 Å². The molecule has 1 fully saturated rings. The second-order valence-electron chi connectivity index (χ2n) is 7.05. The Morgan fingerprint density at radius 3 is 2.71 bits per heavy atom. The maximum absolute atomic E-state index is 12.2. The third-order valence-corrected chi connectivity index (χ3v) is 5.71. The lowest BCUT2D eigenvalue weighted by Gasteiger charge is -2.19. The van der Waals surface area contributed by atoms with Crippen LogP contribution in [0.3, 0.4) is 0 Å². The first-order chi connectivity index (χ1) is 13.4. The number of hydrogen-bond acceptors (Lipinski definition) is 6. The number of thiazole rings is 1. The zero-order chi connectivity index (χ0) is 19.8. The van der Waals surface area contributed by atoms with Crippen molar-refractivity contribution in [1.29, 1.82) is 0 Å². The minimum Gasteiger partial charge on any atom is -0.364 e. The van der Waals surface area contributed by atoms with Gasteiger partial charge in [-0.05, 0) is 24.8 Å². The van der Waals surface area contributed by atoms with Crippen molar-refractivity contribution in [3.63, 3.8) is 0 Å². The Balaban J connectivity index is 1.73. The maximum Gasteiger partial charge on any atom is 0.268 e. The van der Waals surface area contributed by atoms with Crippen LogP contribution in [0.15, 0.2) is 24.7 Å². The van der Waals surface area contributed by atoms with Gasteiger partial charge < -0.3 is 20.5 Å². The van der Waals surface area contributed by atoms with E-state index in [1.54, 1.807) is 38.8 Å². The number of aromatic amines is 2. The molecule has 1 aliphatic carbocycles. The van der Waals surface area contributed by atoms with Crippen LogP contribution in [-0.4, -0.2) is 57.5 Å². The van der Waals surface area contributed by atoms with E-state index in [0.717, 1.165) is 12.2 Å². The van der Waals surface area contributed by atoms with Crippen LogP contribution in [0.2, 0.25) is 0 Å². The van der Waals surface area contributed by atoms with E-state index in [1.807, 2.05) is 0 Å². The monoisotopic (exact) mass is 399 g/mol. The van der Waals surface area contributed by atoms with E-state index in [4.69, 9.17) is 5.73 Å². The van der Waals surface area contributed by atoms with Gasteiger partial charge in [0.25, 0.3) is 11.8 Å². The molecule has 0 atom stereocenters. The lowest BCUT2D eigenvalue weighted by molar-refractivity contribution is 0.0827. The van der Waals surface area contributed by atoms with Crippen molar-refractivity contribution >= 4 is 34.0 Å². The summed E-state index contributed by atoms with van der Waals surface area (Å²) in [5.41, 5.74) is 7.82. The number of amides is 2. The van der Waals surface area contributed by atoms with Crippen LogP contribution < -0.4 is 10.6 Å². The molecule has 9 nitrogen and oxygen atoms in total. The average Bonchev–Trinajstić information content (AvgIpc) is 3.13. The summed E-state index contributed by atoms with van der Waals surface area (Å²) in [4.78, 5) is 36.0. The SMILES string of the molecule is CN(C)C(=O)c1c[nH]c(-c2sc(N(CC3CC3)c3cn[nH]c3)nc2C(N)=O)c1. The molecule has 0 radical (unpaired) electrons. The Hall–Kier alpha value is -3.14. The summed E-state index contributed by atoms with van der Waals surface area (Å²) < 4.78 is 0. The number of anilines is 2. The number of rotatable bonds is 7. The molecule has 1 saturated carbocycles. The predicted molar refractivity (Wildman–Crippen MR) is 107 cm³/mol. The summed E-state index contributed by atoms with van der Waals surface area (Å²) in [6.07, 6.45) is 7.52. The summed E-state index contributed by atoms with van der Waals surface area (Å²) in [5.74, 6) is -0.123. The summed E-state index contributed by atoms with van der Waals surface area (Å²) in [6.45, 7) is 0.805. The number of carbonyl (C=O) groups excluding carboxylic acids is 2. The molecule has 0 aromatic carbocycles. The average molecular weight is 399 g/mol. The number of nitrogens with zero attached hydrogens (tertiary/aromatic N) is 4. The van der Waals surface area contributed by atoms with Gasteiger partial charge in [-0.25, -0.2) is 4.98 Å². The van der Waals surface area contributed by atoms with Crippen LogP contribution in [0.4, 0.5) is 10.8 Å². The molecule has 0 saturated heterocycles. The first kappa shape index (κ1) is 18.2. The van der Waals surface area contributed by atoms with Gasteiger partial charge in [0.05, 0.1) is 28.0 Å². The Labute approximate surface area is 165 Å². The van der Waals surface area contributed by atoms with Crippen molar-refractivity contribution in [3.8, 4) is 10.6 Å². The van der Waals surface area contributed by atoms with Crippen molar-refractivity contribution in [1.82, 2.24) is 25.1 Å². The molecule has 1 aliphatic rings.